The maximum absolute atomic E-state index is 11.6. The van der Waals surface area contributed by atoms with E-state index in [0.717, 1.165) is 50.1 Å². The van der Waals surface area contributed by atoms with Crippen molar-refractivity contribution in [2.45, 2.75) is 65.3 Å². The van der Waals surface area contributed by atoms with E-state index in [9.17, 15) is 9.90 Å². The number of carboxylic acid groups (broad SMARTS) is 1. The molecule has 2 aliphatic rings. The van der Waals surface area contributed by atoms with Crippen molar-refractivity contribution in [3.05, 3.63) is 0 Å². The Morgan fingerprint density at radius 2 is 2.05 bits per heavy atom. The number of hydrogen-bond acceptors (Lipinski definition) is 2. The third-order valence-electron chi connectivity index (χ3n) is 5.61. The first-order valence-corrected chi connectivity index (χ1v) is 8.49. The first-order valence-electron chi connectivity index (χ1n) is 8.49. The number of carboxylic acids is 1. The van der Waals surface area contributed by atoms with Crippen molar-refractivity contribution in [2.75, 3.05) is 13.1 Å². The van der Waals surface area contributed by atoms with E-state index >= 15 is 0 Å². The van der Waals surface area contributed by atoms with Crippen LogP contribution in [0.1, 0.15) is 59.3 Å². The predicted molar refractivity (Wildman–Crippen MR) is 81.7 cm³/mol. The zero-order valence-electron chi connectivity index (χ0n) is 13.3. The lowest BCUT2D eigenvalue weighted by Crippen LogP contribution is -2.46. The topological polar surface area (TPSA) is 40.5 Å². The van der Waals surface area contributed by atoms with Crippen molar-refractivity contribution in [3.8, 4) is 0 Å². The largest absolute Gasteiger partial charge is 0.481 e. The van der Waals surface area contributed by atoms with E-state index in [-0.39, 0.29) is 5.92 Å². The summed E-state index contributed by atoms with van der Waals surface area (Å²) in [4.78, 5) is 14.1. The van der Waals surface area contributed by atoms with Crippen molar-refractivity contribution in [1.82, 2.24) is 4.90 Å². The lowest BCUT2D eigenvalue weighted by atomic mass is 9.76. The fourth-order valence-electron chi connectivity index (χ4n) is 4.25. The van der Waals surface area contributed by atoms with Gasteiger partial charge in [-0.05, 0) is 50.0 Å². The van der Waals surface area contributed by atoms with Gasteiger partial charge in [0.2, 0.25) is 0 Å². The third-order valence-corrected chi connectivity index (χ3v) is 5.61. The summed E-state index contributed by atoms with van der Waals surface area (Å²) in [6.45, 7) is 9.05. The van der Waals surface area contributed by atoms with Gasteiger partial charge in [-0.15, -0.1) is 0 Å². The van der Waals surface area contributed by atoms with Crippen LogP contribution in [0, 0.1) is 23.7 Å². The summed E-state index contributed by atoms with van der Waals surface area (Å²) in [6, 6.07) is 0.293. The Morgan fingerprint density at radius 1 is 1.30 bits per heavy atom. The van der Waals surface area contributed by atoms with Gasteiger partial charge in [0.05, 0.1) is 5.92 Å². The molecule has 1 aliphatic carbocycles. The van der Waals surface area contributed by atoms with Crippen LogP contribution in [0.15, 0.2) is 0 Å². The molecule has 0 radical (unpaired) electrons. The van der Waals surface area contributed by atoms with Gasteiger partial charge < -0.3 is 5.11 Å². The SMILES string of the molecule is CCCC1CCC(C(=O)O)C(N2CCC(C(C)C)C2)C1. The molecular formula is C17H31NO2. The van der Waals surface area contributed by atoms with E-state index in [1.54, 1.807) is 0 Å². The van der Waals surface area contributed by atoms with Crippen molar-refractivity contribution in [3.63, 3.8) is 0 Å². The zero-order chi connectivity index (χ0) is 14.7. The van der Waals surface area contributed by atoms with Crippen molar-refractivity contribution in [2.24, 2.45) is 23.7 Å². The number of carbonyl (C=O) groups is 1. The summed E-state index contributed by atoms with van der Waals surface area (Å²) >= 11 is 0. The second-order valence-electron chi connectivity index (χ2n) is 7.27. The molecule has 0 spiro atoms. The van der Waals surface area contributed by atoms with Gasteiger partial charge in [0.15, 0.2) is 0 Å². The van der Waals surface area contributed by atoms with Crippen LogP contribution in [-0.4, -0.2) is 35.1 Å². The highest BCUT2D eigenvalue weighted by Crippen LogP contribution is 2.37. The molecule has 3 heteroatoms. The smallest absolute Gasteiger partial charge is 0.308 e. The van der Waals surface area contributed by atoms with Crippen LogP contribution in [0.4, 0.5) is 0 Å². The molecule has 2 fully saturated rings. The van der Waals surface area contributed by atoms with Crippen LogP contribution in [0.25, 0.3) is 0 Å². The quantitative estimate of drug-likeness (QED) is 0.836. The minimum absolute atomic E-state index is 0.131. The van der Waals surface area contributed by atoms with Gasteiger partial charge in [-0.1, -0.05) is 33.6 Å². The second kappa shape index (κ2) is 6.93. The molecule has 4 atom stereocenters. The molecule has 20 heavy (non-hydrogen) atoms. The number of nitrogens with zero attached hydrogens (tertiary/aromatic N) is 1. The molecule has 1 heterocycles. The highest BCUT2D eigenvalue weighted by Gasteiger charge is 2.40. The highest BCUT2D eigenvalue weighted by molar-refractivity contribution is 5.71. The normalized spacial score (nSPS) is 35.6. The lowest BCUT2D eigenvalue weighted by Gasteiger charge is -2.39. The molecule has 2 rings (SSSR count). The monoisotopic (exact) mass is 281 g/mol. The van der Waals surface area contributed by atoms with Crippen LogP contribution in [-0.2, 0) is 4.79 Å². The Morgan fingerprint density at radius 3 is 2.60 bits per heavy atom. The summed E-state index contributed by atoms with van der Waals surface area (Å²) in [6.07, 6.45) is 6.85. The van der Waals surface area contributed by atoms with Crippen LogP contribution in [0.2, 0.25) is 0 Å². The molecule has 0 aromatic heterocycles. The van der Waals surface area contributed by atoms with E-state index in [2.05, 4.69) is 25.7 Å². The fraction of sp³-hybridized carbons (Fsp3) is 0.941. The van der Waals surface area contributed by atoms with Gasteiger partial charge in [0, 0.05) is 12.6 Å². The number of aliphatic carboxylic acids is 1. The van der Waals surface area contributed by atoms with Crippen molar-refractivity contribution < 1.29 is 9.90 Å². The predicted octanol–water partition coefficient (Wildman–Crippen LogP) is 3.63. The van der Waals surface area contributed by atoms with E-state index in [1.165, 1.54) is 19.3 Å². The minimum Gasteiger partial charge on any atom is -0.481 e. The Kier molecular flexibility index (Phi) is 5.48. The van der Waals surface area contributed by atoms with Crippen LogP contribution < -0.4 is 0 Å². The number of hydrogen-bond donors (Lipinski definition) is 1. The van der Waals surface area contributed by atoms with Gasteiger partial charge in [-0.2, -0.15) is 0 Å². The summed E-state index contributed by atoms with van der Waals surface area (Å²) in [5.74, 6) is 1.53. The molecule has 0 aromatic carbocycles. The molecule has 0 aromatic rings. The fourth-order valence-corrected chi connectivity index (χ4v) is 4.25. The highest BCUT2D eigenvalue weighted by atomic mass is 16.4. The van der Waals surface area contributed by atoms with E-state index in [1.807, 2.05) is 0 Å². The summed E-state index contributed by atoms with van der Waals surface area (Å²) in [5.41, 5.74) is 0. The van der Waals surface area contributed by atoms with Gasteiger partial charge in [-0.25, -0.2) is 0 Å². The molecule has 1 N–H and O–H groups in total. The van der Waals surface area contributed by atoms with Crippen LogP contribution in [0.3, 0.4) is 0 Å². The second-order valence-corrected chi connectivity index (χ2v) is 7.27. The molecule has 116 valence electrons. The molecule has 1 aliphatic heterocycles. The van der Waals surface area contributed by atoms with E-state index < -0.39 is 5.97 Å². The summed E-state index contributed by atoms with van der Waals surface area (Å²) in [5, 5.41) is 9.53. The summed E-state index contributed by atoms with van der Waals surface area (Å²) < 4.78 is 0. The Labute approximate surface area is 123 Å². The van der Waals surface area contributed by atoms with Gasteiger partial charge in [-0.3, -0.25) is 9.69 Å². The standard InChI is InChI=1S/C17H31NO2/c1-4-5-13-6-7-15(17(19)20)16(10-13)18-9-8-14(11-18)12(2)3/h12-16H,4-11H2,1-3H3,(H,19,20). The number of rotatable bonds is 5. The van der Waals surface area contributed by atoms with Gasteiger partial charge in [0.1, 0.15) is 0 Å². The van der Waals surface area contributed by atoms with Gasteiger partial charge in [0.25, 0.3) is 0 Å². The molecule has 0 bridgehead atoms. The molecule has 1 saturated carbocycles. The average Bonchev–Trinajstić information content (AvgIpc) is 2.88. The van der Waals surface area contributed by atoms with E-state index in [0.29, 0.717) is 6.04 Å². The maximum Gasteiger partial charge on any atom is 0.308 e. The molecular weight excluding hydrogens is 250 g/mol. The molecule has 1 saturated heterocycles. The minimum atomic E-state index is -0.571. The van der Waals surface area contributed by atoms with Gasteiger partial charge >= 0.3 is 5.97 Å². The first-order chi connectivity index (χ1) is 9.52. The lowest BCUT2D eigenvalue weighted by molar-refractivity contribution is -0.146. The number of likely N-dealkylation sites (tertiary alicyclic amines) is 1. The maximum atomic E-state index is 11.6. The van der Waals surface area contributed by atoms with Crippen LogP contribution in [0.5, 0.6) is 0 Å². The molecule has 0 amide bonds. The Hall–Kier alpha value is -0.570. The third kappa shape index (κ3) is 3.55. The summed E-state index contributed by atoms with van der Waals surface area (Å²) in [7, 11) is 0. The van der Waals surface area contributed by atoms with Crippen LogP contribution >= 0.6 is 0 Å². The van der Waals surface area contributed by atoms with Crippen molar-refractivity contribution in [1.29, 1.82) is 0 Å². The molecule has 4 unspecified atom stereocenters. The molecule has 3 nitrogen and oxygen atoms in total. The van der Waals surface area contributed by atoms with E-state index in [4.69, 9.17) is 0 Å². The Bertz CT molecular complexity index is 329. The first kappa shape index (κ1) is 15.8. The average molecular weight is 281 g/mol. The van der Waals surface area contributed by atoms with Crippen molar-refractivity contribution >= 4 is 5.97 Å². The zero-order valence-corrected chi connectivity index (χ0v) is 13.3. The Balaban J connectivity index is 2.02.